The van der Waals surface area contributed by atoms with Gasteiger partial charge in [-0.1, -0.05) is 58.4 Å². The van der Waals surface area contributed by atoms with E-state index in [1.54, 1.807) is 0 Å². The molecule has 0 aliphatic carbocycles. The van der Waals surface area contributed by atoms with E-state index in [0.717, 1.165) is 4.47 Å². The maximum absolute atomic E-state index is 3.56. The summed E-state index contributed by atoms with van der Waals surface area (Å²) in [5, 5.41) is 0. The number of nitrogens with zero attached hydrogens (tertiary/aromatic N) is 3. The van der Waals surface area contributed by atoms with Gasteiger partial charge in [-0.15, -0.1) is 0 Å². The van der Waals surface area contributed by atoms with E-state index >= 15 is 0 Å². The second-order valence-electron chi connectivity index (χ2n) is 3.67. The van der Waals surface area contributed by atoms with Crippen molar-refractivity contribution in [3.05, 3.63) is 78.1 Å². The first-order valence-electron chi connectivity index (χ1n) is 5.72. The Balaban J connectivity index is 0.000000186. The van der Waals surface area contributed by atoms with Crippen LogP contribution in [0.25, 0.3) is 11.1 Å². The molecule has 3 aromatic rings. The number of rotatable bonds is 1. The van der Waals surface area contributed by atoms with E-state index in [-0.39, 0.29) is 0 Å². The molecule has 0 aliphatic rings. The minimum Gasteiger partial charge on any atom is -0.225 e. The number of hydrogen-bond donors (Lipinski definition) is 0. The van der Waals surface area contributed by atoms with E-state index in [9.17, 15) is 0 Å². The molecular formula is C15H12BrN3. The molecule has 3 rings (SSSR count). The molecule has 0 N–H and O–H groups in total. The first kappa shape index (κ1) is 13.4. The Bertz CT molecular complexity index is 573. The van der Waals surface area contributed by atoms with Gasteiger partial charge in [0.05, 0.1) is 0 Å². The van der Waals surface area contributed by atoms with Gasteiger partial charge in [0.25, 0.3) is 0 Å². The van der Waals surface area contributed by atoms with E-state index in [4.69, 9.17) is 0 Å². The average Bonchev–Trinajstić information content (AvgIpc) is 2.51. The molecule has 0 unspecified atom stereocenters. The normalized spacial score (nSPS) is 9.32. The Morgan fingerprint density at radius 1 is 0.632 bits per heavy atom. The third-order valence-corrected chi connectivity index (χ3v) is 2.82. The second-order valence-corrected chi connectivity index (χ2v) is 4.59. The van der Waals surface area contributed by atoms with E-state index in [1.165, 1.54) is 30.1 Å². The Labute approximate surface area is 120 Å². The van der Waals surface area contributed by atoms with Crippen molar-refractivity contribution in [1.29, 1.82) is 0 Å². The fraction of sp³-hybridized carbons (Fsp3) is 0. The minimum absolute atomic E-state index is 1.12. The van der Waals surface area contributed by atoms with Crippen molar-refractivity contribution in [3.8, 4) is 11.1 Å². The lowest BCUT2D eigenvalue weighted by Gasteiger charge is -2.00. The summed E-state index contributed by atoms with van der Waals surface area (Å²) in [6.07, 6.45) is 4.31. The molecule has 0 amide bonds. The molecule has 0 atom stereocenters. The first-order chi connectivity index (χ1) is 9.36. The molecule has 3 nitrogen and oxygen atoms in total. The van der Waals surface area contributed by atoms with Gasteiger partial charge in [0.2, 0.25) is 0 Å². The maximum Gasteiger partial charge on any atom is 0.119 e. The zero-order valence-corrected chi connectivity index (χ0v) is 11.7. The molecular weight excluding hydrogens is 302 g/mol. The largest absolute Gasteiger partial charge is 0.225 e. The Morgan fingerprint density at radius 3 is 1.74 bits per heavy atom. The highest BCUT2D eigenvalue weighted by molar-refractivity contribution is 9.10. The standard InChI is InChI=1S/C12H9Br.C3H3N3/c13-12-8-4-7-11(9-12)10-5-2-1-3-6-10;1-4-2-6-3-5-1/h1-9H;1-3H. The van der Waals surface area contributed by atoms with Crippen molar-refractivity contribution in [2.75, 3.05) is 0 Å². The Morgan fingerprint density at radius 2 is 1.21 bits per heavy atom. The highest BCUT2D eigenvalue weighted by Crippen LogP contribution is 2.22. The monoisotopic (exact) mass is 313 g/mol. The van der Waals surface area contributed by atoms with Crippen molar-refractivity contribution in [2.45, 2.75) is 0 Å². The van der Waals surface area contributed by atoms with Gasteiger partial charge < -0.3 is 0 Å². The van der Waals surface area contributed by atoms with E-state index in [0.29, 0.717) is 0 Å². The molecule has 0 spiro atoms. The third-order valence-electron chi connectivity index (χ3n) is 2.33. The highest BCUT2D eigenvalue weighted by Gasteiger charge is 1.95. The van der Waals surface area contributed by atoms with Crippen LogP contribution >= 0.6 is 15.9 Å². The zero-order valence-electron chi connectivity index (χ0n) is 10.1. The lowest BCUT2D eigenvalue weighted by Crippen LogP contribution is -1.75. The van der Waals surface area contributed by atoms with Gasteiger partial charge in [-0.2, -0.15) is 0 Å². The fourth-order valence-electron chi connectivity index (χ4n) is 1.50. The number of benzene rings is 2. The summed E-state index contributed by atoms with van der Waals surface area (Å²) in [6, 6.07) is 18.7. The SMILES string of the molecule is Brc1cccc(-c2ccccc2)c1.c1ncncn1. The van der Waals surface area contributed by atoms with Gasteiger partial charge in [0, 0.05) is 4.47 Å². The summed E-state index contributed by atoms with van der Waals surface area (Å²) in [7, 11) is 0. The van der Waals surface area contributed by atoms with Crippen molar-refractivity contribution in [2.24, 2.45) is 0 Å². The maximum atomic E-state index is 3.56. The zero-order chi connectivity index (χ0) is 13.3. The molecule has 0 bridgehead atoms. The van der Waals surface area contributed by atoms with E-state index < -0.39 is 0 Å². The summed E-state index contributed by atoms with van der Waals surface area (Å²) >= 11 is 3.46. The third kappa shape index (κ3) is 4.60. The fourth-order valence-corrected chi connectivity index (χ4v) is 1.90. The molecule has 94 valence electrons. The van der Waals surface area contributed by atoms with Gasteiger partial charge in [-0.05, 0) is 23.3 Å². The lowest BCUT2D eigenvalue weighted by molar-refractivity contribution is 1.05. The van der Waals surface area contributed by atoms with Crippen LogP contribution in [-0.2, 0) is 0 Å². The molecule has 0 aliphatic heterocycles. The quantitative estimate of drug-likeness (QED) is 0.682. The van der Waals surface area contributed by atoms with Crippen LogP contribution in [0.5, 0.6) is 0 Å². The number of hydrogen-bond acceptors (Lipinski definition) is 3. The van der Waals surface area contributed by atoms with Gasteiger partial charge in [-0.25, -0.2) is 15.0 Å². The average molecular weight is 314 g/mol. The van der Waals surface area contributed by atoms with Crippen LogP contribution < -0.4 is 0 Å². The van der Waals surface area contributed by atoms with Crippen LogP contribution in [0.4, 0.5) is 0 Å². The molecule has 1 heterocycles. The van der Waals surface area contributed by atoms with Crippen molar-refractivity contribution >= 4 is 15.9 Å². The molecule has 0 fully saturated rings. The second kappa shape index (κ2) is 7.38. The molecule has 0 saturated heterocycles. The van der Waals surface area contributed by atoms with Crippen LogP contribution in [-0.4, -0.2) is 15.0 Å². The summed E-state index contributed by atoms with van der Waals surface area (Å²) in [5.41, 5.74) is 2.50. The summed E-state index contributed by atoms with van der Waals surface area (Å²) in [5.74, 6) is 0. The van der Waals surface area contributed by atoms with Crippen LogP contribution in [0.3, 0.4) is 0 Å². The van der Waals surface area contributed by atoms with Crippen LogP contribution in [0, 0.1) is 0 Å². The number of halogens is 1. The molecule has 1 aromatic heterocycles. The van der Waals surface area contributed by atoms with Gasteiger partial charge in [0.1, 0.15) is 19.0 Å². The molecule has 0 radical (unpaired) electrons. The summed E-state index contributed by atoms with van der Waals surface area (Å²) in [4.78, 5) is 10.7. The predicted molar refractivity (Wildman–Crippen MR) is 79.4 cm³/mol. The predicted octanol–water partition coefficient (Wildman–Crippen LogP) is 3.99. The van der Waals surface area contributed by atoms with Gasteiger partial charge in [-0.3, -0.25) is 0 Å². The summed E-state index contributed by atoms with van der Waals surface area (Å²) in [6.45, 7) is 0. The van der Waals surface area contributed by atoms with Crippen LogP contribution in [0.2, 0.25) is 0 Å². The summed E-state index contributed by atoms with van der Waals surface area (Å²) < 4.78 is 1.12. The molecule has 2 aromatic carbocycles. The Kier molecular flexibility index (Phi) is 5.19. The van der Waals surface area contributed by atoms with Crippen molar-refractivity contribution in [3.63, 3.8) is 0 Å². The Hall–Kier alpha value is -2.07. The highest BCUT2D eigenvalue weighted by atomic mass is 79.9. The van der Waals surface area contributed by atoms with Crippen molar-refractivity contribution in [1.82, 2.24) is 15.0 Å². The smallest absolute Gasteiger partial charge is 0.119 e. The van der Waals surface area contributed by atoms with E-state index in [1.807, 2.05) is 18.2 Å². The first-order valence-corrected chi connectivity index (χ1v) is 6.51. The molecule has 4 heteroatoms. The number of aromatic nitrogens is 3. The van der Waals surface area contributed by atoms with Crippen molar-refractivity contribution < 1.29 is 0 Å². The topological polar surface area (TPSA) is 38.7 Å². The van der Waals surface area contributed by atoms with Gasteiger partial charge >= 0.3 is 0 Å². The molecule has 19 heavy (non-hydrogen) atoms. The van der Waals surface area contributed by atoms with Crippen LogP contribution in [0.15, 0.2) is 78.1 Å². The van der Waals surface area contributed by atoms with Crippen LogP contribution in [0.1, 0.15) is 0 Å². The lowest BCUT2D eigenvalue weighted by atomic mass is 10.1. The minimum atomic E-state index is 1.12. The molecule has 0 saturated carbocycles. The van der Waals surface area contributed by atoms with E-state index in [2.05, 4.69) is 67.3 Å². The van der Waals surface area contributed by atoms with Gasteiger partial charge in [0.15, 0.2) is 0 Å².